The summed E-state index contributed by atoms with van der Waals surface area (Å²) in [6.07, 6.45) is -3.01. The summed E-state index contributed by atoms with van der Waals surface area (Å²) in [5.41, 5.74) is 0.425. The summed E-state index contributed by atoms with van der Waals surface area (Å²) in [6.45, 7) is 1.50. The zero-order valence-corrected chi connectivity index (χ0v) is 17.6. The number of carbonyl (C=O) groups is 1. The largest absolute Gasteiger partial charge is 0.493 e. The first-order valence-corrected chi connectivity index (χ1v) is 10.1. The Morgan fingerprint density at radius 1 is 1.15 bits per heavy atom. The third-order valence-corrected chi connectivity index (χ3v) is 5.05. The first kappa shape index (κ1) is 22.3. The lowest BCUT2D eigenvalue weighted by atomic mass is 10.0. The fourth-order valence-electron chi connectivity index (χ4n) is 3.33. The molecule has 11 heteroatoms. The Kier molecular flexibility index (Phi) is 6.29. The van der Waals surface area contributed by atoms with E-state index in [1.54, 1.807) is 31.3 Å². The summed E-state index contributed by atoms with van der Waals surface area (Å²) >= 11 is 0. The summed E-state index contributed by atoms with van der Waals surface area (Å²) in [4.78, 5) is 26.4. The molecule has 0 saturated carbocycles. The minimum Gasteiger partial charge on any atom is -0.493 e. The molecular weight excluding hydrogens is 437 g/mol. The van der Waals surface area contributed by atoms with Gasteiger partial charge in [-0.25, -0.2) is 9.97 Å². The molecule has 4 rings (SSSR count). The van der Waals surface area contributed by atoms with Crippen molar-refractivity contribution in [3.05, 3.63) is 66.0 Å². The smallest absolute Gasteiger partial charge is 0.416 e. The standard InChI is InChI=1S/C22H21F3N6O2/c1-26-19(32)15-4-2-6-17(8-15)29-20-27-13-28-21(30-20)31-10-14(11-31)12-33-18-7-3-5-16(9-18)22(23,24)25/h2-9,13-14H,10-12H2,1H3,(H,26,32)(H,27,28,29,30). The van der Waals surface area contributed by atoms with Gasteiger partial charge in [0.05, 0.1) is 12.2 Å². The van der Waals surface area contributed by atoms with Gasteiger partial charge in [0.1, 0.15) is 12.1 Å². The van der Waals surface area contributed by atoms with Crippen LogP contribution in [0.3, 0.4) is 0 Å². The van der Waals surface area contributed by atoms with E-state index in [-0.39, 0.29) is 17.6 Å². The molecule has 2 aromatic carbocycles. The van der Waals surface area contributed by atoms with Crippen molar-refractivity contribution in [1.82, 2.24) is 20.3 Å². The van der Waals surface area contributed by atoms with Crippen molar-refractivity contribution in [2.75, 3.05) is 37.0 Å². The Bertz CT molecular complexity index is 1130. The number of benzene rings is 2. The van der Waals surface area contributed by atoms with Crippen molar-refractivity contribution in [3.8, 4) is 5.75 Å². The zero-order chi connectivity index (χ0) is 23.4. The number of carbonyl (C=O) groups excluding carboxylic acids is 1. The first-order chi connectivity index (χ1) is 15.8. The van der Waals surface area contributed by atoms with Crippen LogP contribution >= 0.6 is 0 Å². The summed E-state index contributed by atoms with van der Waals surface area (Å²) in [5, 5.41) is 5.63. The summed E-state index contributed by atoms with van der Waals surface area (Å²) < 4.78 is 44.0. The monoisotopic (exact) mass is 458 g/mol. The number of amides is 1. The fraction of sp³-hybridized carbons (Fsp3) is 0.273. The maximum Gasteiger partial charge on any atom is 0.416 e. The molecular formula is C22H21F3N6O2. The van der Waals surface area contributed by atoms with E-state index < -0.39 is 11.7 Å². The molecule has 0 atom stereocenters. The predicted octanol–water partition coefficient (Wildman–Crippen LogP) is 3.51. The van der Waals surface area contributed by atoms with E-state index >= 15 is 0 Å². The molecule has 172 valence electrons. The number of nitrogens with zero attached hydrogens (tertiary/aromatic N) is 4. The molecule has 1 aromatic heterocycles. The minimum absolute atomic E-state index is 0.136. The number of hydrogen-bond donors (Lipinski definition) is 2. The molecule has 1 fully saturated rings. The number of aromatic nitrogens is 3. The molecule has 0 radical (unpaired) electrons. The Morgan fingerprint density at radius 3 is 2.70 bits per heavy atom. The van der Waals surface area contributed by atoms with Crippen LogP contribution in [-0.2, 0) is 6.18 Å². The molecule has 2 N–H and O–H groups in total. The molecule has 0 aliphatic carbocycles. The third kappa shape index (κ3) is 5.48. The molecule has 1 aliphatic heterocycles. The normalized spacial score (nSPS) is 13.9. The zero-order valence-electron chi connectivity index (χ0n) is 17.6. The molecule has 0 spiro atoms. The second-order valence-electron chi connectivity index (χ2n) is 7.50. The predicted molar refractivity (Wildman–Crippen MR) is 116 cm³/mol. The van der Waals surface area contributed by atoms with E-state index in [9.17, 15) is 18.0 Å². The highest BCUT2D eigenvalue weighted by Crippen LogP contribution is 2.31. The van der Waals surface area contributed by atoms with Crippen LogP contribution in [0.2, 0.25) is 0 Å². The Labute approximate surface area is 187 Å². The van der Waals surface area contributed by atoms with Crippen LogP contribution in [-0.4, -0.2) is 47.6 Å². The van der Waals surface area contributed by atoms with Crippen molar-refractivity contribution in [1.29, 1.82) is 0 Å². The number of alkyl halides is 3. The minimum atomic E-state index is -4.40. The van der Waals surface area contributed by atoms with Crippen molar-refractivity contribution >= 4 is 23.5 Å². The van der Waals surface area contributed by atoms with Gasteiger partial charge in [-0.15, -0.1) is 0 Å². The van der Waals surface area contributed by atoms with E-state index in [1.807, 2.05) is 4.90 Å². The Balaban J connectivity index is 1.32. The topological polar surface area (TPSA) is 92.3 Å². The van der Waals surface area contributed by atoms with Gasteiger partial charge in [0.25, 0.3) is 5.91 Å². The number of nitrogens with one attached hydrogen (secondary N) is 2. The highest BCUT2D eigenvalue weighted by molar-refractivity contribution is 5.95. The fourth-order valence-corrected chi connectivity index (χ4v) is 3.33. The van der Waals surface area contributed by atoms with Gasteiger partial charge in [0.2, 0.25) is 11.9 Å². The van der Waals surface area contributed by atoms with Crippen molar-refractivity contribution in [3.63, 3.8) is 0 Å². The van der Waals surface area contributed by atoms with Crippen molar-refractivity contribution < 1.29 is 22.7 Å². The maximum absolute atomic E-state index is 12.8. The van der Waals surface area contributed by atoms with E-state index in [2.05, 4.69) is 25.6 Å². The van der Waals surface area contributed by atoms with Crippen molar-refractivity contribution in [2.45, 2.75) is 6.18 Å². The molecule has 1 saturated heterocycles. The molecule has 0 unspecified atom stereocenters. The molecule has 3 aromatic rings. The average Bonchev–Trinajstić information content (AvgIpc) is 2.77. The van der Waals surface area contributed by atoms with Crippen LogP contribution < -0.4 is 20.3 Å². The van der Waals surface area contributed by atoms with Crippen LogP contribution in [0.25, 0.3) is 0 Å². The lowest BCUT2D eigenvalue weighted by Gasteiger charge is -2.38. The molecule has 1 aliphatic rings. The molecule has 0 bridgehead atoms. The highest BCUT2D eigenvalue weighted by Gasteiger charge is 2.32. The number of halogens is 3. The molecule has 8 nitrogen and oxygen atoms in total. The maximum atomic E-state index is 12.8. The average molecular weight is 458 g/mol. The van der Waals surface area contributed by atoms with Gasteiger partial charge in [-0.3, -0.25) is 4.79 Å². The van der Waals surface area contributed by atoms with Crippen LogP contribution in [0.1, 0.15) is 15.9 Å². The molecule has 2 heterocycles. The first-order valence-electron chi connectivity index (χ1n) is 10.1. The summed E-state index contributed by atoms with van der Waals surface area (Å²) in [5.74, 6) is 0.933. The van der Waals surface area contributed by atoms with E-state index in [0.29, 0.717) is 42.8 Å². The second kappa shape index (κ2) is 9.31. The Morgan fingerprint density at radius 2 is 1.94 bits per heavy atom. The lowest BCUT2D eigenvalue weighted by Crippen LogP contribution is -2.50. The highest BCUT2D eigenvalue weighted by atomic mass is 19.4. The molecule has 1 amide bonds. The van der Waals surface area contributed by atoms with E-state index in [4.69, 9.17) is 4.74 Å². The Hall–Kier alpha value is -3.89. The van der Waals surface area contributed by atoms with Gasteiger partial charge in [0, 0.05) is 37.3 Å². The van der Waals surface area contributed by atoms with E-state index in [0.717, 1.165) is 12.1 Å². The van der Waals surface area contributed by atoms with Crippen LogP contribution in [0.5, 0.6) is 5.75 Å². The van der Waals surface area contributed by atoms with Gasteiger partial charge in [-0.1, -0.05) is 12.1 Å². The lowest BCUT2D eigenvalue weighted by molar-refractivity contribution is -0.137. The summed E-state index contributed by atoms with van der Waals surface area (Å²) in [7, 11) is 1.56. The number of hydrogen-bond acceptors (Lipinski definition) is 7. The van der Waals surface area contributed by atoms with Crippen LogP contribution in [0.4, 0.5) is 30.8 Å². The van der Waals surface area contributed by atoms with Gasteiger partial charge >= 0.3 is 6.18 Å². The van der Waals surface area contributed by atoms with E-state index in [1.165, 1.54) is 18.5 Å². The van der Waals surface area contributed by atoms with Gasteiger partial charge in [-0.05, 0) is 36.4 Å². The molecule has 33 heavy (non-hydrogen) atoms. The number of rotatable bonds is 7. The SMILES string of the molecule is CNC(=O)c1cccc(Nc2ncnc(N3CC(COc4cccc(C(F)(F)F)c4)C3)n2)c1. The third-order valence-electron chi connectivity index (χ3n) is 5.05. The summed E-state index contributed by atoms with van der Waals surface area (Å²) in [6, 6.07) is 11.8. The van der Waals surface area contributed by atoms with Gasteiger partial charge in [0.15, 0.2) is 0 Å². The quantitative estimate of drug-likeness (QED) is 0.560. The van der Waals surface area contributed by atoms with Gasteiger partial charge in [-0.2, -0.15) is 18.2 Å². The number of ether oxygens (including phenoxy) is 1. The van der Waals surface area contributed by atoms with Crippen molar-refractivity contribution in [2.24, 2.45) is 5.92 Å². The van der Waals surface area contributed by atoms with Crippen LogP contribution in [0, 0.1) is 5.92 Å². The second-order valence-corrected chi connectivity index (χ2v) is 7.50. The number of anilines is 3. The van der Waals surface area contributed by atoms with Gasteiger partial charge < -0.3 is 20.3 Å². The van der Waals surface area contributed by atoms with Crippen LogP contribution in [0.15, 0.2) is 54.9 Å².